The fourth-order valence-electron chi connectivity index (χ4n) is 2.41. The lowest BCUT2D eigenvalue weighted by molar-refractivity contribution is -0.120. The summed E-state index contributed by atoms with van der Waals surface area (Å²) >= 11 is 2.83. The first kappa shape index (κ1) is 19.2. The Morgan fingerprint density at radius 2 is 2.11 bits per heavy atom. The number of hydrogen-bond acceptors (Lipinski definition) is 7. The molecule has 0 aliphatic rings. The summed E-state index contributed by atoms with van der Waals surface area (Å²) in [7, 11) is 1.64. The van der Waals surface area contributed by atoms with E-state index in [4.69, 9.17) is 10.6 Å². The molecular formula is C18H21N5O2S2. The number of thioether (sulfide) groups is 1. The van der Waals surface area contributed by atoms with Gasteiger partial charge in [-0.05, 0) is 42.5 Å². The Morgan fingerprint density at radius 1 is 1.33 bits per heavy atom. The van der Waals surface area contributed by atoms with Gasteiger partial charge in [-0.2, -0.15) is 0 Å². The molecule has 27 heavy (non-hydrogen) atoms. The van der Waals surface area contributed by atoms with Gasteiger partial charge in [0.1, 0.15) is 5.75 Å². The lowest BCUT2D eigenvalue weighted by Crippen LogP contribution is -2.32. The van der Waals surface area contributed by atoms with Gasteiger partial charge in [0.05, 0.1) is 17.2 Å². The summed E-state index contributed by atoms with van der Waals surface area (Å²) in [6.45, 7) is 2.39. The Hall–Kier alpha value is -2.52. The van der Waals surface area contributed by atoms with Gasteiger partial charge in [-0.3, -0.25) is 4.79 Å². The van der Waals surface area contributed by atoms with Crippen molar-refractivity contribution in [2.75, 3.05) is 19.5 Å². The van der Waals surface area contributed by atoms with E-state index in [0.29, 0.717) is 17.5 Å². The number of nitrogen functional groups attached to an aromatic ring is 1. The van der Waals surface area contributed by atoms with Gasteiger partial charge in [-0.25, -0.2) is 4.68 Å². The summed E-state index contributed by atoms with van der Waals surface area (Å²) in [5.74, 6) is 7.43. The van der Waals surface area contributed by atoms with Gasteiger partial charge in [0, 0.05) is 6.54 Å². The molecule has 0 radical (unpaired) electrons. The van der Waals surface area contributed by atoms with Crippen molar-refractivity contribution in [3.8, 4) is 16.5 Å². The highest BCUT2D eigenvalue weighted by Crippen LogP contribution is 2.27. The molecular weight excluding hydrogens is 382 g/mol. The standard InChI is InChI=1S/C18H21N5O2S2/c1-12(17(24)20-10-9-13-5-7-14(25-2)8-6-13)27-18-22-21-16(23(18)19)15-4-3-11-26-15/h3-8,11-12H,9-10,19H2,1-2H3,(H,20,24). The molecule has 3 aromatic rings. The minimum atomic E-state index is -0.330. The van der Waals surface area contributed by atoms with Crippen LogP contribution in [0.25, 0.3) is 10.7 Å². The Morgan fingerprint density at radius 3 is 2.78 bits per heavy atom. The van der Waals surface area contributed by atoms with Crippen LogP contribution in [0, 0.1) is 0 Å². The Balaban J connectivity index is 1.50. The zero-order chi connectivity index (χ0) is 19.2. The van der Waals surface area contributed by atoms with Crippen LogP contribution < -0.4 is 15.9 Å². The number of nitrogens with zero attached hydrogens (tertiary/aromatic N) is 3. The first-order valence-electron chi connectivity index (χ1n) is 8.40. The van der Waals surface area contributed by atoms with Crippen LogP contribution in [0.15, 0.2) is 46.9 Å². The first-order valence-corrected chi connectivity index (χ1v) is 10.2. The zero-order valence-corrected chi connectivity index (χ0v) is 16.7. The van der Waals surface area contributed by atoms with Crippen molar-refractivity contribution in [2.24, 2.45) is 0 Å². The van der Waals surface area contributed by atoms with Crippen molar-refractivity contribution in [1.29, 1.82) is 0 Å². The number of amides is 1. The lowest BCUT2D eigenvalue weighted by Gasteiger charge is -2.11. The Kier molecular flexibility index (Phi) is 6.36. The molecule has 0 fully saturated rings. The van der Waals surface area contributed by atoms with Gasteiger partial charge in [-0.15, -0.1) is 21.5 Å². The fraction of sp³-hybridized carbons (Fsp3) is 0.278. The maximum Gasteiger partial charge on any atom is 0.233 e. The topological polar surface area (TPSA) is 95.1 Å². The molecule has 9 heteroatoms. The summed E-state index contributed by atoms with van der Waals surface area (Å²) in [6, 6.07) is 11.7. The molecule has 0 bridgehead atoms. The molecule has 0 spiro atoms. The summed E-state index contributed by atoms with van der Waals surface area (Å²) < 4.78 is 6.57. The van der Waals surface area contributed by atoms with E-state index < -0.39 is 0 Å². The van der Waals surface area contributed by atoms with Gasteiger partial charge in [0.2, 0.25) is 11.1 Å². The second kappa shape index (κ2) is 8.92. The summed E-state index contributed by atoms with van der Waals surface area (Å²) in [4.78, 5) is 13.3. The number of carbonyl (C=O) groups is 1. The van der Waals surface area contributed by atoms with Gasteiger partial charge >= 0.3 is 0 Å². The van der Waals surface area contributed by atoms with Crippen LogP contribution in [0.1, 0.15) is 12.5 Å². The van der Waals surface area contributed by atoms with E-state index in [1.54, 1.807) is 18.4 Å². The van der Waals surface area contributed by atoms with Crippen LogP contribution in [0.4, 0.5) is 0 Å². The minimum absolute atomic E-state index is 0.0609. The number of nitrogens with two attached hydrogens (primary N) is 1. The highest BCUT2D eigenvalue weighted by molar-refractivity contribution is 8.00. The molecule has 0 saturated heterocycles. The molecule has 3 N–H and O–H groups in total. The normalized spacial score (nSPS) is 11.9. The molecule has 2 aromatic heterocycles. The van der Waals surface area contributed by atoms with E-state index in [1.807, 2.05) is 48.7 Å². The van der Waals surface area contributed by atoms with Crippen LogP contribution in [0.5, 0.6) is 5.75 Å². The monoisotopic (exact) mass is 403 g/mol. The Labute approximate surface area is 165 Å². The summed E-state index contributed by atoms with van der Waals surface area (Å²) in [5.41, 5.74) is 1.14. The van der Waals surface area contributed by atoms with Crippen molar-refractivity contribution in [3.05, 3.63) is 47.3 Å². The number of nitrogens with one attached hydrogen (secondary N) is 1. The van der Waals surface area contributed by atoms with E-state index in [0.717, 1.165) is 22.6 Å². The van der Waals surface area contributed by atoms with Crippen LogP contribution in [0.2, 0.25) is 0 Å². The Bertz CT molecular complexity index is 878. The fourth-order valence-corrected chi connectivity index (χ4v) is 3.91. The maximum atomic E-state index is 12.3. The first-order chi connectivity index (χ1) is 13.1. The van der Waals surface area contributed by atoms with Gasteiger partial charge < -0.3 is 15.9 Å². The van der Waals surface area contributed by atoms with Crippen molar-refractivity contribution in [1.82, 2.24) is 20.2 Å². The number of rotatable bonds is 8. The molecule has 3 rings (SSSR count). The number of methoxy groups -OCH3 is 1. The zero-order valence-electron chi connectivity index (χ0n) is 15.1. The summed E-state index contributed by atoms with van der Waals surface area (Å²) in [5, 5.41) is 13.3. The van der Waals surface area contributed by atoms with Crippen LogP contribution >= 0.6 is 23.1 Å². The number of thiophene rings is 1. The quantitative estimate of drug-likeness (QED) is 0.443. The smallest absolute Gasteiger partial charge is 0.233 e. The van der Waals surface area contributed by atoms with Crippen molar-refractivity contribution >= 4 is 29.0 Å². The number of hydrogen-bond donors (Lipinski definition) is 2. The third kappa shape index (κ3) is 4.81. The predicted octanol–water partition coefficient (Wildman–Crippen LogP) is 2.57. The van der Waals surface area contributed by atoms with Crippen molar-refractivity contribution in [2.45, 2.75) is 23.8 Å². The third-order valence-electron chi connectivity index (χ3n) is 3.93. The maximum absolute atomic E-state index is 12.3. The van der Waals surface area contributed by atoms with E-state index in [1.165, 1.54) is 16.4 Å². The predicted molar refractivity (Wildman–Crippen MR) is 109 cm³/mol. The number of carbonyl (C=O) groups excluding carboxylic acids is 1. The van der Waals surface area contributed by atoms with Crippen LogP contribution in [-0.4, -0.2) is 39.7 Å². The van der Waals surface area contributed by atoms with E-state index in [2.05, 4.69) is 15.5 Å². The molecule has 1 atom stereocenters. The minimum Gasteiger partial charge on any atom is -0.497 e. The van der Waals surface area contributed by atoms with Crippen LogP contribution in [0.3, 0.4) is 0 Å². The summed E-state index contributed by atoms with van der Waals surface area (Å²) in [6.07, 6.45) is 0.753. The van der Waals surface area contributed by atoms with E-state index in [9.17, 15) is 4.79 Å². The van der Waals surface area contributed by atoms with Gasteiger partial charge in [-0.1, -0.05) is 30.0 Å². The molecule has 1 amide bonds. The second-order valence-electron chi connectivity index (χ2n) is 5.80. The van der Waals surface area contributed by atoms with E-state index in [-0.39, 0.29) is 11.2 Å². The lowest BCUT2D eigenvalue weighted by atomic mass is 10.1. The third-order valence-corrected chi connectivity index (χ3v) is 5.85. The molecule has 0 saturated carbocycles. The number of ether oxygens (including phenoxy) is 1. The van der Waals surface area contributed by atoms with Gasteiger partial charge in [0.15, 0.2) is 5.82 Å². The highest BCUT2D eigenvalue weighted by atomic mass is 32.2. The van der Waals surface area contributed by atoms with Crippen LogP contribution in [-0.2, 0) is 11.2 Å². The number of benzene rings is 1. The van der Waals surface area contributed by atoms with Crippen molar-refractivity contribution < 1.29 is 9.53 Å². The average Bonchev–Trinajstić information content (AvgIpc) is 3.32. The second-order valence-corrected chi connectivity index (χ2v) is 8.06. The number of aromatic nitrogens is 3. The molecule has 1 unspecified atom stereocenters. The van der Waals surface area contributed by atoms with Crippen molar-refractivity contribution in [3.63, 3.8) is 0 Å². The molecule has 2 heterocycles. The van der Waals surface area contributed by atoms with E-state index >= 15 is 0 Å². The molecule has 0 aliphatic heterocycles. The van der Waals surface area contributed by atoms with Gasteiger partial charge in [0.25, 0.3) is 0 Å². The average molecular weight is 404 g/mol. The molecule has 1 aromatic carbocycles. The largest absolute Gasteiger partial charge is 0.497 e. The molecule has 7 nitrogen and oxygen atoms in total. The molecule has 142 valence electrons. The SMILES string of the molecule is COc1ccc(CCNC(=O)C(C)Sc2nnc(-c3cccs3)n2N)cc1. The molecule has 0 aliphatic carbocycles. The highest BCUT2D eigenvalue weighted by Gasteiger charge is 2.20.